The molecule has 3 heterocycles. The molecular formula is C22H23F2N5O2. The van der Waals surface area contributed by atoms with Crippen molar-refractivity contribution in [3.8, 4) is 16.9 Å². The van der Waals surface area contributed by atoms with Crippen LogP contribution in [0.5, 0.6) is 0 Å². The molecule has 4 rings (SSSR count). The first-order valence-electron chi connectivity index (χ1n) is 10.1. The Balaban J connectivity index is 1.32. The van der Waals surface area contributed by atoms with E-state index in [9.17, 15) is 13.6 Å². The molecule has 0 atom stereocenters. The topological polar surface area (TPSA) is 72.3 Å². The quantitative estimate of drug-likeness (QED) is 0.587. The summed E-state index contributed by atoms with van der Waals surface area (Å²) in [5, 5.41) is 7.03. The lowest BCUT2D eigenvalue weighted by molar-refractivity contribution is 0.0374. The zero-order valence-electron chi connectivity index (χ0n) is 16.9. The van der Waals surface area contributed by atoms with Gasteiger partial charge in [-0.2, -0.15) is 5.10 Å². The number of hydrogen-bond acceptors (Lipinski definition) is 5. The van der Waals surface area contributed by atoms with E-state index in [4.69, 9.17) is 4.74 Å². The Morgan fingerprint density at radius 3 is 2.71 bits per heavy atom. The summed E-state index contributed by atoms with van der Waals surface area (Å²) in [5.41, 5.74) is 1.85. The number of nitrogens with zero attached hydrogens (tertiary/aromatic N) is 4. The number of nitrogens with one attached hydrogen (secondary N) is 1. The second-order valence-corrected chi connectivity index (χ2v) is 7.26. The van der Waals surface area contributed by atoms with Gasteiger partial charge in [-0.1, -0.05) is 0 Å². The molecule has 162 valence electrons. The Hall–Kier alpha value is -3.17. The van der Waals surface area contributed by atoms with E-state index in [0.717, 1.165) is 45.3 Å². The first kappa shape index (κ1) is 21.1. The van der Waals surface area contributed by atoms with Gasteiger partial charge >= 0.3 is 0 Å². The molecule has 2 aromatic heterocycles. The summed E-state index contributed by atoms with van der Waals surface area (Å²) in [6.45, 7) is 4.92. The Labute approximate surface area is 178 Å². The van der Waals surface area contributed by atoms with Crippen molar-refractivity contribution in [2.45, 2.75) is 6.42 Å². The van der Waals surface area contributed by atoms with Gasteiger partial charge in [0.1, 0.15) is 11.5 Å². The Bertz CT molecular complexity index is 1030. The fraction of sp³-hybridized carbons (Fsp3) is 0.318. The van der Waals surface area contributed by atoms with Crippen LogP contribution in [0.1, 0.15) is 16.8 Å². The van der Waals surface area contributed by atoms with E-state index >= 15 is 0 Å². The molecule has 0 bridgehead atoms. The number of carbonyl (C=O) groups excluding carboxylic acids is 1. The van der Waals surface area contributed by atoms with Crippen molar-refractivity contribution in [1.29, 1.82) is 0 Å². The van der Waals surface area contributed by atoms with Gasteiger partial charge in [0.2, 0.25) is 0 Å². The van der Waals surface area contributed by atoms with Crippen LogP contribution in [0.25, 0.3) is 16.9 Å². The van der Waals surface area contributed by atoms with Crippen LogP contribution in [-0.2, 0) is 4.74 Å². The van der Waals surface area contributed by atoms with Crippen LogP contribution >= 0.6 is 0 Å². The lowest BCUT2D eigenvalue weighted by atomic mass is 10.2. The zero-order chi connectivity index (χ0) is 21.6. The molecule has 1 fully saturated rings. The summed E-state index contributed by atoms with van der Waals surface area (Å²) in [6, 6.07) is 6.71. The molecule has 1 aromatic carbocycles. The largest absolute Gasteiger partial charge is 0.379 e. The highest BCUT2D eigenvalue weighted by atomic mass is 19.1. The molecule has 7 nitrogen and oxygen atoms in total. The molecule has 1 amide bonds. The van der Waals surface area contributed by atoms with Crippen LogP contribution in [0, 0.1) is 11.6 Å². The number of pyridine rings is 1. The Morgan fingerprint density at radius 1 is 1.13 bits per heavy atom. The van der Waals surface area contributed by atoms with Gasteiger partial charge < -0.3 is 10.1 Å². The van der Waals surface area contributed by atoms with Crippen LogP contribution in [-0.4, -0.2) is 65.0 Å². The van der Waals surface area contributed by atoms with Crippen molar-refractivity contribution in [1.82, 2.24) is 25.0 Å². The maximum Gasteiger partial charge on any atom is 0.252 e. The van der Waals surface area contributed by atoms with Gasteiger partial charge in [0.05, 0.1) is 30.7 Å². The van der Waals surface area contributed by atoms with Crippen LogP contribution in [0.15, 0.2) is 48.9 Å². The van der Waals surface area contributed by atoms with Crippen LogP contribution in [0.2, 0.25) is 0 Å². The smallest absolute Gasteiger partial charge is 0.252 e. The lowest BCUT2D eigenvalue weighted by Gasteiger charge is -2.26. The number of hydrogen-bond donors (Lipinski definition) is 1. The van der Waals surface area contributed by atoms with E-state index in [2.05, 4.69) is 20.3 Å². The summed E-state index contributed by atoms with van der Waals surface area (Å²) in [4.78, 5) is 19.0. The fourth-order valence-corrected chi connectivity index (χ4v) is 3.38. The third kappa shape index (κ3) is 5.31. The van der Waals surface area contributed by atoms with Crippen molar-refractivity contribution in [2.75, 3.05) is 39.4 Å². The number of rotatable bonds is 7. The maximum absolute atomic E-state index is 14.0. The van der Waals surface area contributed by atoms with E-state index < -0.39 is 11.6 Å². The number of ether oxygens (including phenoxy) is 1. The van der Waals surface area contributed by atoms with E-state index in [-0.39, 0.29) is 11.6 Å². The first-order valence-corrected chi connectivity index (χ1v) is 10.1. The van der Waals surface area contributed by atoms with Gasteiger partial charge in [0.25, 0.3) is 5.91 Å². The molecule has 1 saturated heterocycles. The summed E-state index contributed by atoms with van der Waals surface area (Å²) in [7, 11) is 0. The van der Waals surface area contributed by atoms with Gasteiger partial charge in [-0.05, 0) is 37.2 Å². The molecule has 0 radical (unpaired) electrons. The third-order valence-electron chi connectivity index (χ3n) is 5.10. The van der Waals surface area contributed by atoms with Crippen LogP contribution < -0.4 is 5.32 Å². The molecule has 3 aromatic rings. The summed E-state index contributed by atoms with van der Waals surface area (Å²) in [6.07, 6.45) is 5.51. The van der Waals surface area contributed by atoms with Gasteiger partial charge in [0.15, 0.2) is 5.82 Å². The Morgan fingerprint density at radius 2 is 1.97 bits per heavy atom. The van der Waals surface area contributed by atoms with Crippen molar-refractivity contribution in [3.63, 3.8) is 0 Å². The summed E-state index contributed by atoms with van der Waals surface area (Å²) >= 11 is 0. The highest BCUT2D eigenvalue weighted by Gasteiger charge is 2.12. The second-order valence-electron chi connectivity index (χ2n) is 7.26. The molecule has 1 aliphatic rings. The minimum atomic E-state index is -0.705. The number of morpholine rings is 1. The summed E-state index contributed by atoms with van der Waals surface area (Å²) < 4.78 is 33.7. The predicted octanol–water partition coefficient (Wildman–Crippen LogP) is 2.66. The molecule has 0 aliphatic carbocycles. The van der Waals surface area contributed by atoms with E-state index in [0.29, 0.717) is 23.4 Å². The van der Waals surface area contributed by atoms with E-state index in [1.807, 2.05) is 0 Å². The molecule has 0 unspecified atom stereocenters. The highest BCUT2D eigenvalue weighted by Crippen LogP contribution is 2.20. The fourth-order valence-electron chi connectivity index (χ4n) is 3.38. The molecular weight excluding hydrogens is 404 g/mol. The number of amides is 1. The average Bonchev–Trinajstić information content (AvgIpc) is 3.27. The molecule has 9 heteroatoms. The number of carbonyl (C=O) groups is 1. The minimum absolute atomic E-state index is 0.140. The normalized spacial score (nSPS) is 14.5. The van der Waals surface area contributed by atoms with Crippen molar-refractivity contribution in [2.24, 2.45) is 0 Å². The number of aromatic nitrogens is 3. The number of benzene rings is 1. The SMILES string of the molecule is O=C(NCCCN1CCOCC1)c1ccc(-c2cnn(-c3ccc(F)cc3F)c2)nc1. The maximum atomic E-state index is 14.0. The van der Waals surface area contributed by atoms with Crippen molar-refractivity contribution < 1.29 is 18.3 Å². The standard InChI is InChI=1S/C22H23F2N5O2/c23-18-3-5-21(19(24)12-18)29-15-17(14-27-29)20-4-2-16(13-26-20)22(30)25-6-1-7-28-8-10-31-11-9-28/h2-5,12-15H,1,6-11H2,(H,25,30). The van der Waals surface area contributed by atoms with Gasteiger partial charge in [-0.15, -0.1) is 0 Å². The minimum Gasteiger partial charge on any atom is -0.379 e. The van der Waals surface area contributed by atoms with Gasteiger partial charge in [-0.25, -0.2) is 13.5 Å². The molecule has 31 heavy (non-hydrogen) atoms. The molecule has 1 aliphatic heterocycles. The van der Waals surface area contributed by atoms with Crippen molar-refractivity contribution in [3.05, 3.63) is 66.1 Å². The monoisotopic (exact) mass is 427 g/mol. The Kier molecular flexibility index (Phi) is 6.63. The van der Waals surface area contributed by atoms with E-state index in [1.165, 1.54) is 29.2 Å². The highest BCUT2D eigenvalue weighted by molar-refractivity contribution is 5.94. The molecule has 0 spiro atoms. The van der Waals surface area contributed by atoms with E-state index in [1.54, 1.807) is 18.3 Å². The predicted molar refractivity (Wildman–Crippen MR) is 111 cm³/mol. The second kappa shape index (κ2) is 9.76. The molecule has 1 N–H and O–H groups in total. The lowest BCUT2D eigenvalue weighted by Crippen LogP contribution is -2.38. The summed E-state index contributed by atoms with van der Waals surface area (Å²) in [5.74, 6) is -1.53. The van der Waals surface area contributed by atoms with Gasteiger partial charge in [-0.3, -0.25) is 14.7 Å². The third-order valence-corrected chi connectivity index (χ3v) is 5.10. The van der Waals surface area contributed by atoms with Crippen molar-refractivity contribution >= 4 is 5.91 Å². The average molecular weight is 427 g/mol. The zero-order valence-corrected chi connectivity index (χ0v) is 16.9. The van der Waals surface area contributed by atoms with Crippen LogP contribution in [0.4, 0.5) is 8.78 Å². The first-order chi connectivity index (χ1) is 15.1. The van der Waals surface area contributed by atoms with Crippen LogP contribution in [0.3, 0.4) is 0 Å². The molecule has 0 saturated carbocycles. The van der Waals surface area contributed by atoms with Gasteiger partial charge in [0, 0.05) is 43.7 Å². The number of halogens is 2.